The van der Waals surface area contributed by atoms with Gasteiger partial charge in [0.15, 0.2) is 5.82 Å². The maximum absolute atomic E-state index is 11.7. The van der Waals surface area contributed by atoms with Crippen LogP contribution < -0.4 is 16.4 Å². The molecule has 0 bridgehead atoms. The van der Waals surface area contributed by atoms with E-state index in [0.717, 1.165) is 6.42 Å². The number of rotatable bonds is 6. The normalized spacial score (nSPS) is 13.7. The van der Waals surface area contributed by atoms with E-state index in [9.17, 15) is 9.59 Å². The van der Waals surface area contributed by atoms with Gasteiger partial charge in [-0.25, -0.2) is 0 Å². The number of anilines is 1. The average Bonchev–Trinajstić information content (AvgIpc) is 2.79. The predicted octanol–water partition coefficient (Wildman–Crippen LogP) is 0.411. The van der Waals surface area contributed by atoms with Gasteiger partial charge in [0.05, 0.1) is 12.6 Å². The fourth-order valence-electron chi connectivity index (χ4n) is 1.41. The molecule has 1 heterocycles. The summed E-state index contributed by atoms with van der Waals surface area (Å²) in [6.07, 6.45) is 0.805. The summed E-state index contributed by atoms with van der Waals surface area (Å²) >= 11 is 0. The molecule has 1 unspecified atom stereocenters. The quantitative estimate of drug-likeness (QED) is 0.692. The van der Waals surface area contributed by atoms with Crippen LogP contribution in [0.5, 0.6) is 0 Å². The minimum absolute atomic E-state index is 0.0706. The molecular formula is C12H20N4O3. The van der Waals surface area contributed by atoms with E-state index >= 15 is 0 Å². The van der Waals surface area contributed by atoms with Crippen molar-refractivity contribution in [2.45, 2.75) is 33.2 Å². The third-order valence-electron chi connectivity index (χ3n) is 2.88. The molecule has 0 aliphatic carbocycles. The lowest BCUT2D eigenvalue weighted by molar-refractivity contribution is -0.125. The van der Waals surface area contributed by atoms with E-state index in [1.807, 2.05) is 13.8 Å². The van der Waals surface area contributed by atoms with Gasteiger partial charge in [0.1, 0.15) is 5.76 Å². The Hall–Kier alpha value is -1.89. The number of amides is 2. The number of nitrogens with two attached hydrogens (primary N) is 1. The summed E-state index contributed by atoms with van der Waals surface area (Å²) in [4.78, 5) is 23.2. The van der Waals surface area contributed by atoms with Gasteiger partial charge in [-0.2, -0.15) is 0 Å². The number of hydrogen-bond acceptors (Lipinski definition) is 5. The Kier molecular flexibility index (Phi) is 5.50. The average molecular weight is 268 g/mol. The molecule has 2 atom stereocenters. The second-order valence-electron chi connectivity index (χ2n) is 4.50. The molecule has 1 aromatic heterocycles. The Morgan fingerprint density at radius 2 is 2.21 bits per heavy atom. The Morgan fingerprint density at radius 1 is 1.53 bits per heavy atom. The van der Waals surface area contributed by atoms with Crippen molar-refractivity contribution in [2.24, 2.45) is 11.7 Å². The van der Waals surface area contributed by atoms with Crippen LogP contribution in [0.3, 0.4) is 0 Å². The molecule has 0 radical (unpaired) electrons. The highest BCUT2D eigenvalue weighted by atomic mass is 16.5. The number of carbonyl (C=O) groups excluding carboxylic acids is 2. The zero-order valence-electron chi connectivity index (χ0n) is 11.4. The van der Waals surface area contributed by atoms with Gasteiger partial charge in [0.25, 0.3) is 0 Å². The van der Waals surface area contributed by atoms with E-state index in [1.165, 1.54) is 0 Å². The third kappa shape index (κ3) is 4.70. The first-order valence-corrected chi connectivity index (χ1v) is 6.20. The summed E-state index contributed by atoms with van der Waals surface area (Å²) in [5.41, 5.74) is 5.74. The van der Waals surface area contributed by atoms with E-state index in [4.69, 9.17) is 10.3 Å². The van der Waals surface area contributed by atoms with Crippen LogP contribution in [0.1, 0.15) is 26.0 Å². The van der Waals surface area contributed by atoms with Crippen LogP contribution in [0.4, 0.5) is 5.82 Å². The second kappa shape index (κ2) is 6.89. The van der Waals surface area contributed by atoms with Crippen molar-refractivity contribution in [2.75, 3.05) is 11.9 Å². The molecule has 1 aromatic rings. The molecular weight excluding hydrogens is 248 g/mol. The zero-order valence-corrected chi connectivity index (χ0v) is 11.4. The predicted molar refractivity (Wildman–Crippen MR) is 70.3 cm³/mol. The number of aromatic nitrogens is 1. The summed E-state index contributed by atoms with van der Waals surface area (Å²) in [6.45, 7) is 5.42. The first kappa shape index (κ1) is 15.2. The highest BCUT2D eigenvalue weighted by Gasteiger charge is 2.19. The number of aryl methyl sites for hydroxylation is 1. The smallest absolute Gasteiger partial charge is 0.245 e. The van der Waals surface area contributed by atoms with E-state index < -0.39 is 6.04 Å². The van der Waals surface area contributed by atoms with Crippen LogP contribution in [-0.2, 0) is 9.59 Å². The molecule has 0 aliphatic rings. The summed E-state index contributed by atoms with van der Waals surface area (Å²) in [5, 5.41) is 8.61. The van der Waals surface area contributed by atoms with Gasteiger partial charge in [-0.05, 0) is 12.8 Å². The van der Waals surface area contributed by atoms with Crippen molar-refractivity contribution in [3.05, 3.63) is 11.8 Å². The Labute approximate surface area is 111 Å². The van der Waals surface area contributed by atoms with Gasteiger partial charge in [0, 0.05) is 6.07 Å². The van der Waals surface area contributed by atoms with Gasteiger partial charge >= 0.3 is 0 Å². The summed E-state index contributed by atoms with van der Waals surface area (Å²) in [6, 6.07) is 0.983. The van der Waals surface area contributed by atoms with Crippen LogP contribution >= 0.6 is 0 Å². The maximum Gasteiger partial charge on any atom is 0.245 e. The molecule has 7 nitrogen and oxygen atoms in total. The minimum atomic E-state index is -0.605. The molecule has 7 heteroatoms. The Morgan fingerprint density at radius 3 is 2.74 bits per heavy atom. The summed E-state index contributed by atoms with van der Waals surface area (Å²) in [7, 11) is 0. The molecule has 4 N–H and O–H groups in total. The van der Waals surface area contributed by atoms with Crippen LogP contribution in [0.25, 0.3) is 0 Å². The summed E-state index contributed by atoms with van der Waals surface area (Å²) < 4.78 is 4.80. The molecule has 0 aromatic carbocycles. The maximum atomic E-state index is 11.7. The van der Waals surface area contributed by atoms with Gasteiger partial charge in [-0.3, -0.25) is 9.59 Å². The fourth-order valence-corrected chi connectivity index (χ4v) is 1.41. The van der Waals surface area contributed by atoms with Gasteiger partial charge in [0.2, 0.25) is 11.8 Å². The summed E-state index contributed by atoms with van der Waals surface area (Å²) in [5.74, 6) is 0.279. The van der Waals surface area contributed by atoms with E-state index in [1.54, 1.807) is 13.0 Å². The van der Waals surface area contributed by atoms with E-state index in [2.05, 4.69) is 15.8 Å². The van der Waals surface area contributed by atoms with Crippen molar-refractivity contribution in [1.29, 1.82) is 0 Å². The standard InChI is InChI=1S/C12H20N4O3/c1-4-7(2)11(13)12(18)14-6-10(17)15-9-5-8(3)19-16-9/h5,7,11H,4,6,13H2,1-3H3,(H,14,18)(H,15,16,17)/t7?,11-/m0/s1. The largest absolute Gasteiger partial charge is 0.360 e. The first-order valence-electron chi connectivity index (χ1n) is 6.20. The minimum Gasteiger partial charge on any atom is -0.360 e. The Balaban J connectivity index is 2.36. The van der Waals surface area contributed by atoms with Crippen LogP contribution in [0.15, 0.2) is 10.6 Å². The molecule has 0 saturated heterocycles. The lowest BCUT2D eigenvalue weighted by Gasteiger charge is -2.17. The monoisotopic (exact) mass is 268 g/mol. The van der Waals surface area contributed by atoms with Crippen molar-refractivity contribution >= 4 is 17.6 Å². The number of nitrogens with one attached hydrogen (secondary N) is 2. The Bertz CT molecular complexity index is 444. The van der Waals surface area contributed by atoms with E-state index in [-0.39, 0.29) is 24.3 Å². The van der Waals surface area contributed by atoms with E-state index in [0.29, 0.717) is 11.6 Å². The number of carbonyl (C=O) groups is 2. The molecule has 19 heavy (non-hydrogen) atoms. The zero-order chi connectivity index (χ0) is 14.4. The highest BCUT2D eigenvalue weighted by Crippen LogP contribution is 2.07. The topological polar surface area (TPSA) is 110 Å². The van der Waals surface area contributed by atoms with Crippen molar-refractivity contribution < 1.29 is 14.1 Å². The first-order chi connectivity index (χ1) is 8.93. The molecule has 1 rings (SSSR count). The van der Waals surface area contributed by atoms with Crippen molar-refractivity contribution in [3.8, 4) is 0 Å². The fraction of sp³-hybridized carbons (Fsp3) is 0.583. The lowest BCUT2D eigenvalue weighted by atomic mass is 9.99. The lowest BCUT2D eigenvalue weighted by Crippen LogP contribution is -2.46. The van der Waals surface area contributed by atoms with Crippen molar-refractivity contribution in [3.63, 3.8) is 0 Å². The van der Waals surface area contributed by atoms with Crippen LogP contribution in [0, 0.1) is 12.8 Å². The molecule has 0 spiro atoms. The molecule has 0 fully saturated rings. The molecule has 106 valence electrons. The van der Waals surface area contributed by atoms with Crippen molar-refractivity contribution in [1.82, 2.24) is 10.5 Å². The molecule has 2 amide bonds. The van der Waals surface area contributed by atoms with Crippen LogP contribution in [-0.4, -0.2) is 29.6 Å². The SMILES string of the molecule is CCC(C)[C@H](N)C(=O)NCC(=O)Nc1cc(C)on1. The van der Waals surface area contributed by atoms with Gasteiger partial charge in [-0.15, -0.1) is 0 Å². The van der Waals surface area contributed by atoms with Gasteiger partial charge in [-0.1, -0.05) is 25.4 Å². The second-order valence-corrected chi connectivity index (χ2v) is 4.50. The third-order valence-corrected chi connectivity index (χ3v) is 2.88. The molecule has 0 aliphatic heterocycles. The highest BCUT2D eigenvalue weighted by molar-refractivity contribution is 5.94. The molecule has 0 saturated carbocycles. The van der Waals surface area contributed by atoms with Gasteiger partial charge < -0.3 is 20.9 Å². The van der Waals surface area contributed by atoms with Crippen LogP contribution in [0.2, 0.25) is 0 Å². The number of nitrogens with zero attached hydrogens (tertiary/aromatic N) is 1. The number of hydrogen-bond donors (Lipinski definition) is 3.